The van der Waals surface area contributed by atoms with Crippen molar-refractivity contribution in [2.45, 2.75) is 64.7 Å². The fourth-order valence-corrected chi connectivity index (χ4v) is 2.96. The Morgan fingerprint density at radius 3 is 2.65 bits per heavy atom. The number of rotatable bonds is 4. The minimum absolute atomic E-state index is 0.405. The predicted molar refractivity (Wildman–Crippen MR) is 69.9 cm³/mol. The molecule has 0 unspecified atom stereocenters. The van der Waals surface area contributed by atoms with Crippen LogP contribution in [0.15, 0.2) is 4.52 Å². The zero-order valence-electron chi connectivity index (χ0n) is 11.0. The molecule has 3 heteroatoms. The van der Waals surface area contributed by atoms with Crippen LogP contribution < -0.4 is 5.73 Å². The lowest BCUT2D eigenvalue weighted by Crippen LogP contribution is -2.08. The molecule has 1 aliphatic carbocycles. The number of anilines is 1. The Kier molecular flexibility index (Phi) is 4.08. The van der Waals surface area contributed by atoms with Gasteiger partial charge in [0.2, 0.25) is 5.88 Å². The minimum atomic E-state index is 0.405. The first-order chi connectivity index (χ1) is 8.18. The summed E-state index contributed by atoms with van der Waals surface area (Å²) < 4.78 is 5.12. The number of nitrogens with zero attached hydrogens (tertiary/aromatic N) is 1. The van der Waals surface area contributed by atoms with E-state index < -0.39 is 0 Å². The zero-order valence-corrected chi connectivity index (χ0v) is 11.0. The van der Waals surface area contributed by atoms with Crippen molar-refractivity contribution in [2.24, 2.45) is 5.92 Å². The van der Waals surface area contributed by atoms with Crippen molar-refractivity contribution < 1.29 is 4.52 Å². The Balaban J connectivity index is 1.94. The third kappa shape index (κ3) is 3.02. The topological polar surface area (TPSA) is 52.0 Å². The first-order valence-electron chi connectivity index (χ1n) is 6.92. The third-order valence-corrected chi connectivity index (χ3v) is 3.92. The van der Waals surface area contributed by atoms with Gasteiger partial charge in [0.25, 0.3) is 0 Å². The van der Waals surface area contributed by atoms with Crippen molar-refractivity contribution in [3.63, 3.8) is 0 Å². The minimum Gasteiger partial charge on any atom is -0.367 e. The maximum atomic E-state index is 5.82. The van der Waals surface area contributed by atoms with E-state index in [2.05, 4.69) is 19.0 Å². The second kappa shape index (κ2) is 5.56. The Morgan fingerprint density at radius 1 is 1.29 bits per heavy atom. The fraction of sp³-hybridized carbons (Fsp3) is 0.786. The molecule has 17 heavy (non-hydrogen) atoms. The van der Waals surface area contributed by atoms with Crippen LogP contribution in [0, 0.1) is 5.92 Å². The van der Waals surface area contributed by atoms with Gasteiger partial charge in [0.1, 0.15) is 0 Å². The number of hydrogen-bond donors (Lipinski definition) is 1. The number of nitrogen functional groups attached to an aromatic ring is 1. The highest BCUT2D eigenvalue weighted by atomic mass is 16.5. The Morgan fingerprint density at radius 2 is 2.00 bits per heavy atom. The summed E-state index contributed by atoms with van der Waals surface area (Å²) in [6.45, 7) is 4.29. The molecule has 3 nitrogen and oxygen atoms in total. The van der Waals surface area contributed by atoms with E-state index in [1.165, 1.54) is 38.5 Å². The van der Waals surface area contributed by atoms with Crippen LogP contribution in [0.5, 0.6) is 0 Å². The van der Waals surface area contributed by atoms with Gasteiger partial charge in [-0.15, -0.1) is 0 Å². The van der Waals surface area contributed by atoms with Crippen molar-refractivity contribution >= 4 is 5.88 Å². The van der Waals surface area contributed by atoms with Gasteiger partial charge < -0.3 is 10.3 Å². The van der Waals surface area contributed by atoms with Crippen LogP contribution in [0.4, 0.5) is 5.88 Å². The van der Waals surface area contributed by atoms with Crippen LogP contribution in [-0.4, -0.2) is 5.16 Å². The zero-order chi connectivity index (χ0) is 12.3. The number of nitrogens with two attached hydrogens (primary N) is 1. The molecule has 1 fully saturated rings. The van der Waals surface area contributed by atoms with Crippen molar-refractivity contribution in [3.8, 4) is 0 Å². The molecule has 0 amide bonds. The molecule has 1 aromatic rings. The molecule has 0 bridgehead atoms. The predicted octanol–water partition coefficient (Wildman–Crippen LogP) is 3.89. The lowest BCUT2D eigenvalue weighted by Gasteiger charge is -2.21. The molecule has 96 valence electrons. The molecule has 0 radical (unpaired) electrons. The molecular formula is C14H24N2O. The highest BCUT2D eigenvalue weighted by Gasteiger charge is 2.19. The highest BCUT2D eigenvalue weighted by Crippen LogP contribution is 2.30. The molecule has 1 saturated carbocycles. The van der Waals surface area contributed by atoms with Crippen molar-refractivity contribution in [1.29, 1.82) is 0 Å². The monoisotopic (exact) mass is 236 g/mol. The van der Waals surface area contributed by atoms with Crippen LogP contribution in [0.2, 0.25) is 0 Å². The summed E-state index contributed by atoms with van der Waals surface area (Å²) in [5.74, 6) is 1.81. The van der Waals surface area contributed by atoms with Gasteiger partial charge in [-0.3, -0.25) is 0 Å². The summed E-state index contributed by atoms with van der Waals surface area (Å²) in [5.41, 5.74) is 8.03. The summed E-state index contributed by atoms with van der Waals surface area (Å²) in [6, 6.07) is 0. The second-order valence-corrected chi connectivity index (χ2v) is 5.60. The van der Waals surface area contributed by atoms with Crippen LogP contribution in [-0.2, 0) is 6.42 Å². The van der Waals surface area contributed by atoms with Gasteiger partial charge >= 0.3 is 0 Å². The number of aromatic nitrogens is 1. The van der Waals surface area contributed by atoms with E-state index in [-0.39, 0.29) is 0 Å². The van der Waals surface area contributed by atoms with Crippen molar-refractivity contribution in [2.75, 3.05) is 5.73 Å². The fourth-order valence-electron chi connectivity index (χ4n) is 2.96. The lowest BCUT2D eigenvalue weighted by atomic mass is 9.85. The van der Waals surface area contributed by atoms with Gasteiger partial charge in [-0.1, -0.05) is 51.1 Å². The quantitative estimate of drug-likeness (QED) is 0.862. The molecule has 2 rings (SSSR count). The average Bonchev–Trinajstić information content (AvgIpc) is 2.69. The van der Waals surface area contributed by atoms with Crippen LogP contribution in [0.25, 0.3) is 0 Å². The summed E-state index contributed by atoms with van der Waals surface area (Å²) in [6.07, 6.45) is 9.29. The maximum Gasteiger partial charge on any atom is 0.225 e. The molecule has 0 aliphatic heterocycles. The smallest absolute Gasteiger partial charge is 0.225 e. The Hall–Kier alpha value is -0.990. The highest BCUT2D eigenvalue weighted by molar-refractivity contribution is 5.41. The van der Waals surface area contributed by atoms with E-state index >= 15 is 0 Å². The lowest BCUT2D eigenvalue weighted by molar-refractivity contribution is 0.335. The summed E-state index contributed by atoms with van der Waals surface area (Å²) in [5, 5.41) is 4.12. The molecule has 0 spiro atoms. The van der Waals surface area contributed by atoms with Gasteiger partial charge in [0.05, 0.1) is 5.69 Å². The Bertz CT molecular complexity index is 351. The first kappa shape index (κ1) is 12.5. The SMILES string of the molecule is CC(C)c1c(CCC2CCCCC2)noc1N. The second-order valence-electron chi connectivity index (χ2n) is 5.60. The summed E-state index contributed by atoms with van der Waals surface area (Å²) in [7, 11) is 0. The molecule has 2 N–H and O–H groups in total. The average molecular weight is 236 g/mol. The molecule has 1 aliphatic rings. The van der Waals surface area contributed by atoms with Gasteiger partial charge in [-0.25, -0.2) is 0 Å². The number of aryl methyl sites for hydroxylation is 1. The normalized spacial score (nSPS) is 17.8. The van der Waals surface area contributed by atoms with Crippen LogP contribution in [0.3, 0.4) is 0 Å². The van der Waals surface area contributed by atoms with Gasteiger partial charge in [0.15, 0.2) is 0 Å². The van der Waals surface area contributed by atoms with E-state index in [9.17, 15) is 0 Å². The van der Waals surface area contributed by atoms with Gasteiger partial charge in [-0.05, 0) is 24.7 Å². The standard InChI is InChI=1S/C14H24N2O/c1-10(2)13-12(16-17-14(13)15)9-8-11-6-4-3-5-7-11/h10-11H,3-9,15H2,1-2H3. The molecule has 1 aromatic heterocycles. The Labute approximate surface area is 104 Å². The molecule has 0 saturated heterocycles. The van der Waals surface area contributed by atoms with E-state index in [1.807, 2.05) is 0 Å². The molecule has 1 heterocycles. The number of hydrogen-bond acceptors (Lipinski definition) is 3. The van der Waals surface area contributed by atoms with Gasteiger partial charge in [-0.2, -0.15) is 0 Å². The molecule has 0 aromatic carbocycles. The van der Waals surface area contributed by atoms with Gasteiger partial charge in [0, 0.05) is 5.56 Å². The van der Waals surface area contributed by atoms with Crippen LogP contribution >= 0.6 is 0 Å². The van der Waals surface area contributed by atoms with Crippen LogP contribution in [0.1, 0.15) is 69.5 Å². The van der Waals surface area contributed by atoms with Crippen molar-refractivity contribution in [3.05, 3.63) is 11.3 Å². The van der Waals surface area contributed by atoms with E-state index in [4.69, 9.17) is 10.3 Å². The van der Waals surface area contributed by atoms with Crippen molar-refractivity contribution in [1.82, 2.24) is 5.16 Å². The summed E-state index contributed by atoms with van der Waals surface area (Å²) >= 11 is 0. The van der Waals surface area contributed by atoms with E-state index in [1.54, 1.807) is 0 Å². The molecule has 0 atom stereocenters. The van der Waals surface area contributed by atoms with E-state index in [0.29, 0.717) is 11.8 Å². The maximum absolute atomic E-state index is 5.82. The largest absolute Gasteiger partial charge is 0.367 e. The first-order valence-corrected chi connectivity index (χ1v) is 6.92. The third-order valence-electron chi connectivity index (χ3n) is 3.92. The summed E-state index contributed by atoms with van der Waals surface area (Å²) in [4.78, 5) is 0. The van der Waals surface area contributed by atoms with E-state index in [0.717, 1.165) is 23.6 Å². The molecular weight excluding hydrogens is 212 g/mol.